The lowest BCUT2D eigenvalue weighted by Crippen LogP contribution is -2.34. The van der Waals surface area contributed by atoms with Gasteiger partial charge in [0.2, 0.25) is 0 Å². The molecule has 0 saturated heterocycles. The van der Waals surface area contributed by atoms with Crippen molar-refractivity contribution in [1.29, 1.82) is 0 Å². The molecule has 3 nitrogen and oxygen atoms in total. The van der Waals surface area contributed by atoms with E-state index in [1.165, 1.54) is 6.26 Å². The predicted octanol–water partition coefficient (Wildman–Crippen LogP) is 1.45. The van der Waals surface area contributed by atoms with Gasteiger partial charge in [-0.2, -0.15) is 0 Å². The first kappa shape index (κ1) is 13.9. The summed E-state index contributed by atoms with van der Waals surface area (Å²) in [5.41, 5.74) is 0.303. The molecule has 0 aromatic rings. The summed E-state index contributed by atoms with van der Waals surface area (Å²) in [4.78, 5) is 0. The molecule has 14 heavy (non-hydrogen) atoms. The Balaban J connectivity index is 3.71. The van der Waals surface area contributed by atoms with Crippen LogP contribution in [0, 0.1) is 5.41 Å². The molecule has 0 radical (unpaired) electrons. The maximum absolute atomic E-state index is 11.0. The van der Waals surface area contributed by atoms with Crippen LogP contribution in [-0.4, -0.2) is 33.0 Å². The van der Waals surface area contributed by atoms with Crippen molar-refractivity contribution in [3.8, 4) is 0 Å². The Morgan fingerprint density at radius 2 is 1.79 bits per heavy atom. The smallest absolute Gasteiger partial charge is 0.148 e. The Bertz CT molecular complexity index is 252. The molecule has 0 bridgehead atoms. The zero-order valence-electron chi connectivity index (χ0n) is 9.92. The van der Waals surface area contributed by atoms with Crippen molar-refractivity contribution in [2.75, 3.05) is 18.6 Å². The molecule has 86 valence electrons. The van der Waals surface area contributed by atoms with Crippen LogP contribution in [0.5, 0.6) is 0 Å². The van der Waals surface area contributed by atoms with Crippen LogP contribution in [0.1, 0.15) is 34.1 Å². The van der Waals surface area contributed by atoms with Gasteiger partial charge in [0.15, 0.2) is 0 Å². The van der Waals surface area contributed by atoms with Gasteiger partial charge in [-0.05, 0) is 25.3 Å². The van der Waals surface area contributed by atoms with E-state index in [0.29, 0.717) is 5.41 Å². The Morgan fingerprint density at radius 3 is 2.14 bits per heavy atom. The van der Waals surface area contributed by atoms with Gasteiger partial charge >= 0.3 is 0 Å². The van der Waals surface area contributed by atoms with Crippen molar-refractivity contribution < 1.29 is 8.42 Å². The molecule has 0 heterocycles. The van der Waals surface area contributed by atoms with E-state index in [4.69, 9.17) is 0 Å². The molecule has 0 rings (SSSR count). The van der Waals surface area contributed by atoms with E-state index in [1.54, 1.807) is 0 Å². The third kappa shape index (κ3) is 9.99. The molecule has 0 amide bonds. The van der Waals surface area contributed by atoms with Crippen LogP contribution in [-0.2, 0) is 9.84 Å². The highest BCUT2D eigenvalue weighted by Gasteiger charge is 2.12. The molecule has 1 atom stereocenters. The largest absolute Gasteiger partial charge is 0.313 e. The van der Waals surface area contributed by atoms with Crippen LogP contribution in [0.2, 0.25) is 0 Å². The maximum Gasteiger partial charge on any atom is 0.148 e. The number of rotatable bonds is 5. The maximum atomic E-state index is 11.0. The Labute approximate surface area is 88.2 Å². The van der Waals surface area contributed by atoms with Gasteiger partial charge in [0.25, 0.3) is 0 Å². The summed E-state index contributed by atoms with van der Waals surface area (Å²) in [6.07, 6.45) is 2.33. The molecule has 4 heteroatoms. The number of nitrogens with one attached hydrogen (secondary N) is 1. The van der Waals surface area contributed by atoms with Gasteiger partial charge in [-0.25, -0.2) is 8.42 Å². The molecular weight excluding hydrogens is 198 g/mol. The summed E-state index contributed by atoms with van der Waals surface area (Å²) in [6, 6.07) is 0.0485. The summed E-state index contributed by atoms with van der Waals surface area (Å²) in [6.45, 7) is 9.31. The highest BCUT2D eigenvalue weighted by atomic mass is 32.2. The van der Waals surface area contributed by atoms with Crippen molar-refractivity contribution in [3.05, 3.63) is 0 Å². The summed E-state index contributed by atoms with van der Waals surface area (Å²) in [7, 11) is -2.85. The molecular formula is C10H23NO2S. The van der Waals surface area contributed by atoms with E-state index < -0.39 is 9.84 Å². The quantitative estimate of drug-likeness (QED) is 0.764. The predicted molar refractivity (Wildman–Crippen MR) is 61.2 cm³/mol. The van der Waals surface area contributed by atoms with Crippen LogP contribution in [0.15, 0.2) is 0 Å². The molecule has 0 aliphatic carbocycles. The Kier molecular flexibility index (Phi) is 5.09. The summed E-state index contributed by atoms with van der Waals surface area (Å²) < 4.78 is 21.9. The van der Waals surface area contributed by atoms with Crippen molar-refractivity contribution >= 4 is 9.84 Å². The van der Waals surface area contributed by atoms with E-state index in [0.717, 1.165) is 13.0 Å². The van der Waals surface area contributed by atoms with E-state index in [2.05, 4.69) is 26.1 Å². The first-order valence-electron chi connectivity index (χ1n) is 5.01. The fraction of sp³-hybridized carbons (Fsp3) is 1.00. The number of hydrogen-bond acceptors (Lipinski definition) is 3. The first-order chi connectivity index (χ1) is 6.10. The van der Waals surface area contributed by atoms with Crippen LogP contribution < -0.4 is 5.32 Å². The second-order valence-corrected chi connectivity index (χ2v) is 7.44. The monoisotopic (exact) mass is 221 g/mol. The normalized spacial score (nSPS) is 15.5. The van der Waals surface area contributed by atoms with Gasteiger partial charge in [-0.3, -0.25) is 0 Å². The first-order valence-corrected chi connectivity index (χ1v) is 7.07. The molecule has 0 fully saturated rings. The van der Waals surface area contributed by atoms with Gasteiger partial charge < -0.3 is 5.32 Å². The average Bonchev–Trinajstić information content (AvgIpc) is 1.78. The molecule has 0 aliphatic rings. The molecule has 0 aliphatic heterocycles. The lowest BCUT2D eigenvalue weighted by molar-refractivity contribution is 0.360. The third-order valence-corrected chi connectivity index (χ3v) is 3.03. The van der Waals surface area contributed by atoms with E-state index in [1.807, 2.05) is 6.92 Å². The van der Waals surface area contributed by atoms with Gasteiger partial charge in [0, 0.05) is 12.3 Å². The number of sulfone groups is 1. The van der Waals surface area contributed by atoms with Gasteiger partial charge in [-0.15, -0.1) is 0 Å². The molecule has 0 saturated carbocycles. The van der Waals surface area contributed by atoms with Gasteiger partial charge in [0.1, 0.15) is 9.84 Å². The summed E-state index contributed by atoms with van der Waals surface area (Å²) in [5, 5.41) is 3.22. The second-order valence-electron chi connectivity index (χ2n) is 5.26. The summed E-state index contributed by atoms with van der Waals surface area (Å²) >= 11 is 0. The standard InChI is InChI=1S/C10H23NO2S/c1-9(8-14(5,12)13)11-7-6-10(2,3)4/h9,11H,6-8H2,1-5H3. The minimum atomic E-state index is -2.85. The van der Waals surface area contributed by atoms with Crippen molar-refractivity contribution in [2.24, 2.45) is 5.41 Å². The zero-order valence-corrected chi connectivity index (χ0v) is 10.7. The lowest BCUT2D eigenvalue weighted by atomic mass is 9.92. The van der Waals surface area contributed by atoms with Crippen LogP contribution in [0.4, 0.5) is 0 Å². The highest BCUT2D eigenvalue weighted by molar-refractivity contribution is 7.90. The van der Waals surface area contributed by atoms with Crippen molar-refractivity contribution in [1.82, 2.24) is 5.32 Å². The van der Waals surface area contributed by atoms with E-state index in [9.17, 15) is 8.42 Å². The van der Waals surface area contributed by atoms with Gasteiger partial charge in [0.05, 0.1) is 5.75 Å². The van der Waals surface area contributed by atoms with Crippen LogP contribution >= 0.6 is 0 Å². The topological polar surface area (TPSA) is 46.2 Å². The fourth-order valence-electron chi connectivity index (χ4n) is 1.21. The Hall–Kier alpha value is -0.0900. The van der Waals surface area contributed by atoms with E-state index >= 15 is 0 Å². The summed E-state index contributed by atoms with van der Waals surface area (Å²) in [5.74, 6) is 0.219. The third-order valence-electron chi connectivity index (χ3n) is 1.92. The molecule has 0 spiro atoms. The minimum Gasteiger partial charge on any atom is -0.313 e. The average molecular weight is 221 g/mol. The second kappa shape index (κ2) is 5.12. The van der Waals surface area contributed by atoms with Crippen molar-refractivity contribution in [2.45, 2.75) is 40.2 Å². The van der Waals surface area contributed by atoms with Crippen LogP contribution in [0.3, 0.4) is 0 Å². The van der Waals surface area contributed by atoms with E-state index in [-0.39, 0.29) is 11.8 Å². The SMILES string of the molecule is CC(CS(C)(=O)=O)NCCC(C)(C)C. The van der Waals surface area contributed by atoms with Crippen molar-refractivity contribution in [3.63, 3.8) is 0 Å². The lowest BCUT2D eigenvalue weighted by Gasteiger charge is -2.20. The molecule has 0 aromatic carbocycles. The Morgan fingerprint density at radius 1 is 1.29 bits per heavy atom. The molecule has 0 aromatic heterocycles. The minimum absolute atomic E-state index is 0.0485. The molecule has 1 N–H and O–H groups in total. The highest BCUT2D eigenvalue weighted by Crippen LogP contribution is 2.16. The molecule has 1 unspecified atom stereocenters. The number of hydrogen-bond donors (Lipinski definition) is 1. The van der Waals surface area contributed by atoms with Crippen LogP contribution in [0.25, 0.3) is 0 Å². The zero-order chi connectivity index (χ0) is 11.4. The van der Waals surface area contributed by atoms with Gasteiger partial charge in [-0.1, -0.05) is 20.8 Å². The fourth-order valence-corrected chi connectivity index (χ4v) is 2.23.